The lowest BCUT2D eigenvalue weighted by Gasteiger charge is -2.07. The number of amides is 1. The molecular formula is C19H19ClN2O3S. The van der Waals surface area contributed by atoms with Crippen LogP contribution in [0.4, 0.5) is 0 Å². The van der Waals surface area contributed by atoms with Crippen LogP contribution in [-0.2, 0) is 21.1 Å². The van der Waals surface area contributed by atoms with E-state index < -0.39 is 9.84 Å². The Morgan fingerprint density at radius 3 is 2.73 bits per heavy atom. The summed E-state index contributed by atoms with van der Waals surface area (Å²) in [5.74, 6) is -0.526. The van der Waals surface area contributed by atoms with E-state index in [-0.39, 0.29) is 23.0 Å². The number of sulfone groups is 1. The summed E-state index contributed by atoms with van der Waals surface area (Å²) >= 11 is 5.83. The van der Waals surface area contributed by atoms with Crippen LogP contribution in [0, 0.1) is 0 Å². The van der Waals surface area contributed by atoms with Crippen LogP contribution in [0.5, 0.6) is 0 Å². The summed E-state index contributed by atoms with van der Waals surface area (Å²) in [5, 5.41) is 4.26. The van der Waals surface area contributed by atoms with Gasteiger partial charge in [0.1, 0.15) is 0 Å². The van der Waals surface area contributed by atoms with E-state index >= 15 is 0 Å². The zero-order valence-electron chi connectivity index (χ0n) is 14.0. The molecule has 0 aliphatic heterocycles. The fourth-order valence-corrected chi connectivity index (χ4v) is 4.31. The van der Waals surface area contributed by atoms with Crippen molar-refractivity contribution in [3.63, 3.8) is 0 Å². The third kappa shape index (κ3) is 4.45. The number of carbonyl (C=O) groups is 1. The van der Waals surface area contributed by atoms with Crippen LogP contribution in [-0.4, -0.2) is 31.6 Å². The van der Waals surface area contributed by atoms with Crippen LogP contribution in [0.2, 0.25) is 5.02 Å². The minimum absolute atomic E-state index is 0.0806. The van der Waals surface area contributed by atoms with Crippen molar-refractivity contribution in [3.8, 4) is 0 Å². The topological polar surface area (TPSA) is 79.0 Å². The van der Waals surface area contributed by atoms with Gasteiger partial charge in [0, 0.05) is 35.1 Å². The lowest BCUT2D eigenvalue weighted by Crippen LogP contribution is -2.27. The van der Waals surface area contributed by atoms with E-state index in [0.717, 1.165) is 16.5 Å². The predicted octanol–water partition coefficient (Wildman–Crippen LogP) is 3.34. The number of fused-ring (bicyclic) bond motifs is 1. The molecule has 1 heterocycles. The Bertz CT molecular complexity index is 1030. The molecule has 0 unspecified atom stereocenters. The standard InChI is InChI=1S/C19H19ClN2O3S/c20-15-4-3-5-16(12-15)26(24,25)11-9-19(23)21-10-8-14-13-22-18-7-2-1-6-17(14)18/h1-7,12-13,22H,8-11H2,(H,21,23). The third-order valence-corrected chi connectivity index (χ3v) is 6.09. The Kier molecular flexibility index (Phi) is 5.64. The summed E-state index contributed by atoms with van der Waals surface area (Å²) in [6.45, 7) is 0.456. The van der Waals surface area contributed by atoms with Gasteiger partial charge in [-0.3, -0.25) is 4.79 Å². The van der Waals surface area contributed by atoms with Crippen molar-refractivity contribution in [2.75, 3.05) is 12.3 Å². The first-order chi connectivity index (χ1) is 12.5. The number of hydrogen-bond donors (Lipinski definition) is 2. The van der Waals surface area contributed by atoms with E-state index in [0.29, 0.717) is 18.0 Å². The molecule has 136 valence electrons. The van der Waals surface area contributed by atoms with Gasteiger partial charge in [-0.15, -0.1) is 0 Å². The highest BCUT2D eigenvalue weighted by atomic mass is 35.5. The Morgan fingerprint density at radius 2 is 1.92 bits per heavy atom. The van der Waals surface area contributed by atoms with Crippen LogP contribution in [0.1, 0.15) is 12.0 Å². The average molecular weight is 391 g/mol. The molecule has 0 saturated heterocycles. The zero-order chi connectivity index (χ0) is 18.6. The fraction of sp³-hybridized carbons (Fsp3) is 0.211. The minimum atomic E-state index is -3.53. The summed E-state index contributed by atoms with van der Waals surface area (Å²) in [5.41, 5.74) is 2.17. The zero-order valence-corrected chi connectivity index (χ0v) is 15.6. The first-order valence-corrected chi connectivity index (χ1v) is 10.3. The molecular weight excluding hydrogens is 372 g/mol. The molecule has 0 radical (unpaired) electrons. The van der Waals surface area contributed by atoms with Crippen LogP contribution in [0.3, 0.4) is 0 Å². The van der Waals surface area contributed by atoms with Crippen LogP contribution < -0.4 is 5.32 Å². The first kappa shape index (κ1) is 18.5. The Hall–Kier alpha value is -2.31. The SMILES string of the molecule is O=C(CCS(=O)(=O)c1cccc(Cl)c1)NCCc1c[nH]c2ccccc12. The van der Waals surface area contributed by atoms with Crippen molar-refractivity contribution in [1.29, 1.82) is 0 Å². The Labute approximate surface area is 157 Å². The number of carbonyl (C=O) groups excluding carboxylic acids is 1. The molecule has 0 spiro atoms. The van der Waals surface area contributed by atoms with Crippen LogP contribution in [0.25, 0.3) is 10.9 Å². The number of aromatic nitrogens is 1. The second-order valence-corrected chi connectivity index (χ2v) is 8.53. The smallest absolute Gasteiger partial charge is 0.221 e. The fourth-order valence-electron chi connectivity index (χ4n) is 2.77. The number of rotatable bonds is 7. The van der Waals surface area contributed by atoms with Crippen molar-refractivity contribution >= 4 is 38.2 Å². The molecule has 1 amide bonds. The average Bonchev–Trinajstić information content (AvgIpc) is 3.03. The van der Waals surface area contributed by atoms with Crippen molar-refractivity contribution in [3.05, 3.63) is 65.3 Å². The first-order valence-electron chi connectivity index (χ1n) is 8.26. The number of benzene rings is 2. The Balaban J connectivity index is 1.50. The van der Waals surface area contributed by atoms with Crippen molar-refractivity contribution in [2.45, 2.75) is 17.7 Å². The molecule has 1 aromatic heterocycles. The molecule has 26 heavy (non-hydrogen) atoms. The van der Waals surface area contributed by atoms with Gasteiger partial charge in [0.05, 0.1) is 10.6 Å². The number of halogens is 1. The van der Waals surface area contributed by atoms with Crippen LogP contribution >= 0.6 is 11.6 Å². The van der Waals surface area contributed by atoms with E-state index in [1.807, 2.05) is 30.5 Å². The van der Waals surface area contributed by atoms with E-state index in [4.69, 9.17) is 11.6 Å². The highest BCUT2D eigenvalue weighted by molar-refractivity contribution is 7.91. The number of hydrogen-bond acceptors (Lipinski definition) is 3. The monoisotopic (exact) mass is 390 g/mol. The molecule has 0 aliphatic carbocycles. The number of H-pyrrole nitrogens is 1. The molecule has 2 N–H and O–H groups in total. The van der Waals surface area contributed by atoms with E-state index in [9.17, 15) is 13.2 Å². The normalized spacial score (nSPS) is 11.6. The quantitative estimate of drug-likeness (QED) is 0.649. The van der Waals surface area contributed by atoms with Gasteiger partial charge >= 0.3 is 0 Å². The van der Waals surface area contributed by atoms with E-state index in [2.05, 4.69) is 10.3 Å². The minimum Gasteiger partial charge on any atom is -0.361 e. The van der Waals surface area contributed by atoms with Crippen molar-refractivity contribution in [1.82, 2.24) is 10.3 Å². The number of aromatic amines is 1. The number of para-hydroxylation sites is 1. The van der Waals surface area contributed by atoms with Gasteiger partial charge in [0.2, 0.25) is 5.91 Å². The highest BCUT2D eigenvalue weighted by Gasteiger charge is 2.16. The van der Waals surface area contributed by atoms with E-state index in [1.165, 1.54) is 12.1 Å². The maximum atomic E-state index is 12.3. The van der Waals surface area contributed by atoms with Crippen molar-refractivity contribution < 1.29 is 13.2 Å². The van der Waals surface area contributed by atoms with Gasteiger partial charge in [0.25, 0.3) is 0 Å². The van der Waals surface area contributed by atoms with Gasteiger partial charge in [-0.25, -0.2) is 8.42 Å². The Morgan fingerprint density at radius 1 is 1.12 bits per heavy atom. The van der Waals surface area contributed by atoms with Gasteiger partial charge in [-0.05, 0) is 36.2 Å². The maximum Gasteiger partial charge on any atom is 0.221 e. The second kappa shape index (κ2) is 7.93. The van der Waals surface area contributed by atoms with Crippen molar-refractivity contribution in [2.24, 2.45) is 0 Å². The van der Waals surface area contributed by atoms with E-state index in [1.54, 1.807) is 12.1 Å². The molecule has 7 heteroatoms. The highest BCUT2D eigenvalue weighted by Crippen LogP contribution is 2.18. The summed E-state index contributed by atoms with van der Waals surface area (Å²) in [7, 11) is -3.53. The van der Waals surface area contributed by atoms with Gasteiger partial charge < -0.3 is 10.3 Å². The maximum absolute atomic E-state index is 12.3. The molecule has 0 bridgehead atoms. The summed E-state index contributed by atoms with van der Waals surface area (Å²) in [6, 6.07) is 14.0. The second-order valence-electron chi connectivity index (χ2n) is 5.99. The lowest BCUT2D eigenvalue weighted by atomic mass is 10.1. The molecule has 0 aliphatic rings. The summed E-state index contributed by atoms with van der Waals surface area (Å²) < 4.78 is 24.5. The summed E-state index contributed by atoms with van der Waals surface area (Å²) in [4.78, 5) is 15.3. The third-order valence-electron chi connectivity index (χ3n) is 4.14. The molecule has 2 aromatic carbocycles. The molecule has 0 saturated carbocycles. The largest absolute Gasteiger partial charge is 0.361 e. The molecule has 5 nitrogen and oxygen atoms in total. The number of nitrogens with one attached hydrogen (secondary N) is 2. The molecule has 0 atom stereocenters. The van der Waals surface area contributed by atoms with Gasteiger partial charge in [-0.1, -0.05) is 35.9 Å². The van der Waals surface area contributed by atoms with Crippen LogP contribution in [0.15, 0.2) is 59.6 Å². The summed E-state index contributed by atoms with van der Waals surface area (Å²) in [6.07, 6.45) is 2.53. The predicted molar refractivity (Wildman–Crippen MR) is 103 cm³/mol. The lowest BCUT2D eigenvalue weighted by molar-refractivity contribution is -0.120. The molecule has 3 rings (SSSR count). The van der Waals surface area contributed by atoms with Gasteiger partial charge in [-0.2, -0.15) is 0 Å². The van der Waals surface area contributed by atoms with Gasteiger partial charge in [0.15, 0.2) is 9.84 Å². The molecule has 3 aromatic rings. The molecule has 0 fully saturated rings.